The van der Waals surface area contributed by atoms with Gasteiger partial charge in [-0.3, -0.25) is 5.32 Å². The smallest absolute Gasteiger partial charge is 0.411 e. The third kappa shape index (κ3) is 5.65. The van der Waals surface area contributed by atoms with Crippen LogP contribution in [0.25, 0.3) is 0 Å². The van der Waals surface area contributed by atoms with Gasteiger partial charge >= 0.3 is 6.09 Å². The number of aliphatic hydroxyl groups is 1. The highest BCUT2D eigenvalue weighted by molar-refractivity contribution is 5.84. The van der Waals surface area contributed by atoms with Crippen LogP contribution in [0.2, 0.25) is 0 Å². The van der Waals surface area contributed by atoms with E-state index >= 15 is 0 Å². The molecule has 1 rings (SSSR count). The highest BCUT2D eigenvalue weighted by Gasteiger charge is 2.00. The topological polar surface area (TPSA) is 70.6 Å². The summed E-state index contributed by atoms with van der Waals surface area (Å²) in [5, 5.41) is 14.3. The summed E-state index contributed by atoms with van der Waals surface area (Å²) in [5.74, 6) is 0. The van der Waals surface area contributed by atoms with Crippen molar-refractivity contribution < 1.29 is 14.6 Å². The average molecular weight is 252 g/mol. The van der Waals surface area contributed by atoms with Crippen molar-refractivity contribution in [3.63, 3.8) is 0 Å². The minimum atomic E-state index is -0.462. The van der Waals surface area contributed by atoms with Gasteiger partial charge < -0.3 is 15.2 Å². The molecule has 0 bridgehead atoms. The Morgan fingerprint density at radius 3 is 2.61 bits per heavy atom. The van der Waals surface area contributed by atoms with Gasteiger partial charge in [0, 0.05) is 12.2 Å². The molecule has 100 valence electrons. The molecule has 0 heterocycles. The lowest BCUT2D eigenvalue weighted by molar-refractivity contribution is 0.187. The Bertz CT molecular complexity index is 352. The maximum atomic E-state index is 11.0. The molecule has 0 aliphatic carbocycles. The van der Waals surface area contributed by atoms with Crippen molar-refractivity contribution in [2.45, 2.75) is 12.8 Å². The molecule has 0 aromatic heterocycles. The molecule has 1 aromatic carbocycles. The lowest BCUT2D eigenvalue weighted by Crippen LogP contribution is -2.19. The normalized spacial score (nSPS) is 10.1. The van der Waals surface area contributed by atoms with Crippen LogP contribution in [0, 0.1) is 0 Å². The number of carbonyl (C=O) groups excluding carboxylic acids is 1. The second-order valence-electron chi connectivity index (χ2n) is 3.89. The molecule has 18 heavy (non-hydrogen) atoms. The number of benzene rings is 1. The third-order valence-electron chi connectivity index (χ3n) is 2.49. The van der Waals surface area contributed by atoms with E-state index in [0.29, 0.717) is 6.54 Å². The van der Waals surface area contributed by atoms with E-state index in [1.54, 1.807) is 0 Å². The molecule has 5 nitrogen and oxygen atoms in total. The van der Waals surface area contributed by atoms with E-state index in [9.17, 15) is 4.79 Å². The maximum Gasteiger partial charge on any atom is 0.411 e. The number of ether oxygens (including phenoxy) is 1. The maximum absolute atomic E-state index is 11.0. The number of hydrogen-bond donors (Lipinski definition) is 3. The molecule has 3 N–H and O–H groups in total. The van der Waals surface area contributed by atoms with Crippen LogP contribution in [0.5, 0.6) is 0 Å². The number of aryl methyl sites for hydroxylation is 1. The van der Waals surface area contributed by atoms with Gasteiger partial charge in [-0.25, -0.2) is 4.79 Å². The molecule has 0 atom stereocenters. The van der Waals surface area contributed by atoms with Gasteiger partial charge in [0.1, 0.15) is 0 Å². The quantitative estimate of drug-likeness (QED) is 0.641. The Morgan fingerprint density at radius 1 is 1.28 bits per heavy atom. The van der Waals surface area contributed by atoms with E-state index in [2.05, 4.69) is 15.4 Å². The monoisotopic (exact) mass is 252 g/mol. The van der Waals surface area contributed by atoms with Crippen LogP contribution < -0.4 is 10.6 Å². The highest BCUT2D eigenvalue weighted by Crippen LogP contribution is 2.11. The van der Waals surface area contributed by atoms with Crippen molar-refractivity contribution in [2.75, 3.05) is 32.1 Å². The fourth-order valence-corrected chi connectivity index (χ4v) is 1.55. The number of hydrogen-bond acceptors (Lipinski definition) is 4. The van der Waals surface area contributed by atoms with Gasteiger partial charge in [-0.2, -0.15) is 0 Å². The van der Waals surface area contributed by atoms with Crippen molar-refractivity contribution >= 4 is 11.8 Å². The van der Waals surface area contributed by atoms with Crippen LogP contribution in [0.1, 0.15) is 12.0 Å². The van der Waals surface area contributed by atoms with Crippen molar-refractivity contribution in [1.82, 2.24) is 5.32 Å². The van der Waals surface area contributed by atoms with Gasteiger partial charge in [-0.05, 0) is 37.1 Å². The summed E-state index contributed by atoms with van der Waals surface area (Å²) in [6, 6.07) is 7.68. The van der Waals surface area contributed by atoms with E-state index in [1.807, 2.05) is 24.3 Å². The fourth-order valence-electron chi connectivity index (χ4n) is 1.55. The Morgan fingerprint density at radius 2 is 2.00 bits per heavy atom. The lowest BCUT2D eigenvalue weighted by atomic mass is 10.1. The minimum absolute atomic E-state index is 0.174. The molecule has 0 radical (unpaired) electrons. The number of carbonyl (C=O) groups is 1. The van der Waals surface area contributed by atoms with Crippen molar-refractivity contribution in [2.24, 2.45) is 0 Å². The summed E-state index contributed by atoms with van der Waals surface area (Å²) >= 11 is 0. The summed E-state index contributed by atoms with van der Waals surface area (Å²) in [6.45, 7) is 1.71. The predicted molar refractivity (Wildman–Crippen MR) is 70.7 cm³/mol. The standard InChI is InChI=1S/C13H20N2O3/c1-18-13(17)15-12-6-4-11(5-7-12)3-2-8-14-9-10-16/h4-7,14,16H,2-3,8-10H2,1H3,(H,15,17). The molecule has 0 unspecified atom stereocenters. The Hall–Kier alpha value is -1.59. The molecule has 0 saturated carbocycles. The first-order valence-electron chi connectivity index (χ1n) is 6.01. The Kier molecular flexibility index (Phi) is 6.83. The van der Waals surface area contributed by atoms with E-state index < -0.39 is 6.09 Å². The summed E-state index contributed by atoms with van der Waals surface area (Å²) in [7, 11) is 1.34. The first-order valence-corrected chi connectivity index (χ1v) is 6.01. The summed E-state index contributed by atoms with van der Waals surface area (Å²) in [6.07, 6.45) is 1.52. The molecule has 0 fully saturated rings. The molecule has 0 saturated heterocycles. The predicted octanol–water partition coefficient (Wildman–Crippen LogP) is 1.38. The summed E-state index contributed by atoms with van der Waals surface area (Å²) < 4.78 is 4.51. The van der Waals surface area contributed by atoms with Crippen molar-refractivity contribution in [1.29, 1.82) is 0 Å². The van der Waals surface area contributed by atoms with Crippen LogP contribution in [-0.2, 0) is 11.2 Å². The van der Waals surface area contributed by atoms with Gasteiger partial charge in [-0.15, -0.1) is 0 Å². The molecule has 0 aliphatic rings. The van der Waals surface area contributed by atoms with E-state index in [0.717, 1.165) is 25.1 Å². The molecular formula is C13H20N2O3. The number of aliphatic hydroxyl groups excluding tert-OH is 1. The van der Waals surface area contributed by atoms with Crippen molar-refractivity contribution in [3.8, 4) is 0 Å². The van der Waals surface area contributed by atoms with Crippen molar-refractivity contribution in [3.05, 3.63) is 29.8 Å². The fraction of sp³-hybridized carbons (Fsp3) is 0.462. The molecule has 5 heteroatoms. The number of rotatable bonds is 7. The van der Waals surface area contributed by atoms with Gasteiger partial charge in [0.05, 0.1) is 13.7 Å². The van der Waals surface area contributed by atoms with E-state index in [4.69, 9.17) is 5.11 Å². The zero-order chi connectivity index (χ0) is 13.2. The van der Waals surface area contributed by atoms with Crippen LogP contribution in [0.4, 0.5) is 10.5 Å². The largest absolute Gasteiger partial charge is 0.453 e. The summed E-state index contributed by atoms with van der Waals surface area (Å²) in [4.78, 5) is 11.0. The van der Waals surface area contributed by atoms with Crippen LogP contribution in [-0.4, -0.2) is 38.0 Å². The third-order valence-corrected chi connectivity index (χ3v) is 2.49. The highest BCUT2D eigenvalue weighted by atomic mass is 16.5. The number of anilines is 1. The zero-order valence-electron chi connectivity index (χ0n) is 10.6. The molecule has 0 aliphatic heterocycles. The molecule has 1 aromatic rings. The first-order chi connectivity index (χ1) is 8.76. The minimum Gasteiger partial charge on any atom is -0.453 e. The van der Waals surface area contributed by atoms with Crippen LogP contribution in [0.3, 0.4) is 0 Å². The Balaban J connectivity index is 2.29. The van der Waals surface area contributed by atoms with Gasteiger partial charge in [0.25, 0.3) is 0 Å². The average Bonchev–Trinajstić information content (AvgIpc) is 2.40. The molecular weight excluding hydrogens is 232 g/mol. The Labute approximate surface area is 107 Å². The van der Waals surface area contributed by atoms with E-state index in [1.165, 1.54) is 12.7 Å². The van der Waals surface area contributed by atoms with Gasteiger partial charge in [0.15, 0.2) is 0 Å². The van der Waals surface area contributed by atoms with Crippen LogP contribution >= 0.6 is 0 Å². The summed E-state index contributed by atoms with van der Waals surface area (Å²) in [5.41, 5.74) is 1.94. The second kappa shape index (κ2) is 8.49. The zero-order valence-corrected chi connectivity index (χ0v) is 10.6. The molecule has 0 spiro atoms. The first kappa shape index (κ1) is 14.5. The number of methoxy groups -OCH3 is 1. The molecule has 1 amide bonds. The van der Waals surface area contributed by atoms with E-state index in [-0.39, 0.29) is 6.61 Å². The second-order valence-corrected chi connectivity index (χ2v) is 3.89. The van der Waals surface area contributed by atoms with Gasteiger partial charge in [0.2, 0.25) is 0 Å². The van der Waals surface area contributed by atoms with Gasteiger partial charge in [-0.1, -0.05) is 12.1 Å². The number of nitrogens with one attached hydrogen (secondary N) is 2. The number of amides is 1. The van der Waals surface area contributed by atoms with Crippen LogP contribution in [0.15, 0.2) is 24.3 Å². The SMILES string of the molecule is COC(=O)Nc1ccc(CCCNCCO)cc1. The lowest BCUT2D eigenvalue weighted by Gasteiger charge is -2.06.